The van der Waals surface area contributed by atoms with Gasteiger partial charge in [-0.25, -0.2) is 0 Å². The number of nitrogens with zero attached hydrogens (tertiary/aromatic N) is 2. The van der Waals surface area contributed by atoms with E-state index in [0.717, 1.165) is 31.2 Å². The lowest BCUT2D eigenvalue weighted by molar-refractivity contribution is -0.118. The molecule has 0 aromatic carbocycles. The summed E-state index contributed by atoms with van der Waals surface area (Å²) in [6.45, 7) is 0. The van der Waals surface area contributed by atoms with E-state index in [2.05, 4.69) is 10.4 Å². The first kappa shape index (κ1) is 12.8. The molecule has 0 radical (unpaired) electrons. The summed E-state index contributed by atoms with van der Waals surface area (Å²) < 4.78 is 1.68. The third-order valence-corrected chi connectivity index (χ3v) is 3.21. The predicted octanol–water partition coefficient (Wildman–Crippen LogP) is 0.853. The lowest BCUT2D eigenvalue weighted by atomic mass is 9.92. The molecule has 1 aromatic rings. The van der Waals surface area contributed by atoms with Crippen molar-refractivity contribution in [2.24, 2.45) is 7.05 Å². The minimum atomic E-state index is -0.408. The first-order chi connectivity index (χ1) is 8.65. The van der Waals surface area contributed by atoms with Crippen molar-refractivity contribution in [3.05, 3.63) is 24.0 Å². The predicted molar refractivity (Wildman–Crippen MR) is 68.6 cm³/mol. The SMILES string of the molecule is Cn1cc(C=CC(=O)NC2CCCCC2O)cn1. The van der Waals surface area contributed by atoms with Gasteiger partial charge < -0.3 is 10.4 Å². The van der Waals surface area contributed by atoms with Crippen LogP contribution in [-0.2, 0) is 11.8 Å². The highest BCUT2D eigenvalue weighted by atomic mass is 16.3. The van der Waals surface area contributed by atoms with Crippen molar-refractivity contribution in [3.8, 4) is 0 Å². The summed E-state index contributed by atoms with van der Waals surface area (Å²) in [5.41, 5.74) is 0.886. The van der Waals surface area contributed by atoms with Crippen LogP contribution in [0.1, 0.15) is 31.2 Å². The van der Waals surface area contributed by atoms with Gasteiger partial charge in [0.2, 0.25) is 5.91 Å². The molecule has 18 heavy (non-hydrogen) atoms. The molecule has 2 atom stereocenters. The van der Waals surface area contributed by atoms with Gasteiger partial charge in [0.1, 0.15) is 0 Å². The number of aryl methyl sites for hydroxylation is 1. The second-order valence-electron chi connectivity index (χ2n) is 4.75. The summed E-state index contributed by atoms with van der Waals surface area (Å²) in [7, 11) is 1.83. The lowest BCUT2D eigenvalue weighted by Crippen LogP contribution is -2.44. The summed E-state index contributed by atoms with van der Waals surface area (Å²) in [5.74, 6) is -0.162. The first-order valence-electron chi connectivity index (χ1n) is 6.30. The summed E-state index contributed by atoms with van der Waals surface area (Å²) in [6.07, 6.45) is 10.1. The Hall–Kier alpha value is -1.62. The normalized spacial score (nSPS) is 24.3. The molecular formula is C13H19N3O2. The summed E-state index contributed by atoms with van der Waals surface area (Å²) in [6, 6.07) is -0.107. The fraction of sp³-hybridized carbons (Fsp3) is 0.538. The zero-order chi connectivity index (χ0) is 13.0. The highest BCUT2D eigenvalue weighted by Crippen LogP contribution is 2.18. The van der Waals surface area contributed by atoms with E-state index in [4.69, 9.17) is 0 Å². The smallest absolute Gasteiger partial charge is 0.244 e. The average molecular weight is 249 g/mol. The van der Waals surface area contributed by atoms with Gasteiger partial charge >= 0.3 is 0 Å². The van der Waals surface area contributed by atoms with E-state index >= 15 is 0 Å². The highest BCUT2D eigenvalue weighted by Gasteiger charge is 2.23. The summed E-state index contributed by atoms with van der Waals surface area (Å²) in [4.78, 5) is 11.7. The molecule has 1 aliphatic carbocycles. The number of hydrogen-bond donors (Lipinski definition) is 2. The lowest BCUT2D eigenvalue weighted by Gasteiger charge is -2.27. The van der Waals surface area contributed by atoms with Crippen molar-refractivity contribution in [1.29, 1.82) is 0 Å². The van der Waals surface area contributed by atoms with Gasteiger partial charge in [0, 0.05) is 24.9 Å². The van der Waals surface area contributed by atoms with Crippen molar-refractivity contribution < 1.29 is 9.90 Å². The Morgan fingerprint density at radius 1 is 1.56 bits per heavy atom. The Kier molecular flexibility index (Phi) is 4.15. The molecule has 98 valence electrons. The van der Waals surface area contributed by atoms with E-state index in [9.17, 15) is 9.90 Å². The standard InChI is InChI=1S/C13H19N3O2/c1-16-9-10(8-14-16)6-7-13(18)15-11-4-2-3-5-12(11)17/h6-9,11-12,17H,2-5H2,1H3,(H,15,18). The molecule has 5 heteroatoms. The molecular weight excluding hydrogens is 230 g/mol. The Balaban J connectivity index is 1.86. The molecule has 2 N–H and O–H groups in total. The third kappa shape index (κ3) is 3.43. The number of hydrogen-bond acceptors (Lipinski definition) is 3. The molecule has 1 aliphatic rings. The quantitative estimate of drug-likeness (QED) is 0.781. The van der Waals surface area contributed by atoms with Crippen LogP contribution in [0.15, 0.2) is 18.5 Å². The van der Waals surface area contributed by atoms with Crippen LogP contribution in [0.5, 0.6) is 0 Å². The maximum absolute atomic E-state index is 11.7. The minimum Gasteiger partial charge on any atom is -0.391 e. The van der Waals surface area contributed by atoms with Gasteiger partial charge in [-0.05, 0) is 18.9 Å². The molecule has 1 amide bonds. The molecule has 0 saturated heterocycles. The molecule has 1 fully saturated rings. The van der Waals surface area contributed by atoms with E-state index < -0.39 is 6.10 Å². The zero-order valence-corrected chi connectivity index (χ0v) is 10.5. The number of rotatable bonds is 3. The maximum Gasteiger partial charge on any atom is 0.244 e. The fourth-order valence-corrected chi connectivity index (χ4v) is 2.21. The molecule has 1 aromatic heterocycles. The molecule has 2 unspecified atom stereocenters. The van der Waals surface area contributed by atoms with Gasteiger partial charge in [-0.2, -0.15) is 5.10 Å². The minimum absolute atomic E-state index is 0.107. The van der Waals surface area contributed by atoms with Gasteiger partial charge in [0.25, 0.3) is 0 Å². The number of carbonyl (C=O) groups is 1. The van der Waals surface area contributed by atoms with Crippen LogP contribution >= 0.6 is 0 Å². The molecule has 2 rings (SSSR count). The van der Waals surface area contributed by atoms with Crippen LogP contribution in [0.25, 0.3) is 6.08 Å². The number of nitrogens with one attached hydrogen (secondary N) is 1. The molecule has 5 nitrogen and oxygen atoms in total. The number of aliphatic hydroxyl groups excluding tert-OH is 1. The number of carbonyl (C=O) groups excluding carboxylic acids is 1. The van der Waals surface area contributed by atoms with Gasteiger partial charge in [-0.1, -0.05) is 12.8 Å². The second kappa shape index (κ2) is 5.82. The van der Waals surface area contributed by atoms with Crippen molar-refractivity contribution in [3.63, 3.8) is 0 Å². The molecule has 0 spiro atoms. The fourth-order valence-electron chi connectivity index (χ4n) is 2.21. The van der Waals surface area contributed by atoms with Crippen molar-refractivity contribution in [1.82, 2.24) is 15.1 Å². The second-order valence-corrected chi connectivity index (χ2v) is 4.75. The van der Waals surface area contributed by atoms with Crippen LogP contribution in [0, 0.1) is 0 Å². The molecule has 0 aliphatic heterocycles. The van der Waals surface area contributed by atoms with Crippen molar-refractivity contribution >= 4 is 12.0 Å². The maximum atomic E-state index is 11.7. The molecule has 0 bridgehead atoms. The Bertz CT molecular complexity index is 439. The van der Waals surface area contributed by atoms with Crippen LogP contribution in [0.3, 0.4) is 0 Å². The van der Waals surface area contributed by atoms with E-state index in [0.29, 0.717) is 0 Å². The molecule has 1 saturated carbocycles. The van der Waals surface area contributed by atoms with Crippen LogP contribution in [0.2, 0.25) is 0 Å². The Morgan fingerprint density at radius 2 is 2.33 bits per heavy atom. The summed E-state index contributed by atoms with van der Waals surface area (Å²) in [5, 5.41) is 16.6. The summed E-state index contributed by atoms with van der Waals surface area (Å²) >= 11 is 0. The first-order valence-corrected chi connectivity index (χ1v) is 6.30. The largest absolute Gasteiger partial charge is 0.391 e. The highest BCUT2D eigenvalue weighted by molar-refractivity contribution is 5.91. The van der Waals surface area contributed by atoms with Gasteiger partial charge in [0.15, 0.2) is 0 Å². The number of amides is 1. The van der Waals surface area contributed by atoms with Crippen molar-refractivity contribution in [2.75, 3.05) is 0 Å². The number of aromatic nitrogens is 2. The van der Waals surface area contributed by atoms with E-state index in [1.807, 2.05) is 13.2 Å². The molecule has 1 heterocycles. The van der Waals surface area contributed by atoms with E-state index in [1.54, 1.807) is 17.0 Å². The number of aliphatic hydroxyl groups is 1. The third-order valence-electron chi connectivity index (χ3n) is 3.21. The van der Waals surface area contributed by atoms with Crippen LogP contribution < -0.4 is 5.32 Å². The van der Waals surface area contributed by atoms with Crippen molar-refractivity contribution in [2.45, 2.75) is 37.8 Å². The van der Waals surface area contributed by atoms with E-state index in [1.165, 1.54) is 6.08 Å². The van der Waals surface area contributed by atoms with Crippen LogP contribution in [0.4, 0.5) is 0 Å². The monoisotopic (exact) mass is 249 g/mol. The Labute approximate surface area is 106 Å². The topological polar surface area (TPSA) is 67.2 Å². The van der Waals surface area contributed by atoms with E-state index in [-0.39, 0.29) is 11.9 Å². The van der Waals surface area contributed by atoms with Gasteiger partial charge in [-0.15, -0.1) is 0 Å². The average Bonchev–Trinajstić information content (AvgIpc) is 2.76. The van der Waals surface area contributed by atoms with Gasteiger partial charge in [-0.3, -0.25) is 9.48 Å². The van der Waals surface area contributed by atoms with Gasteiger partial charge in [0.05, 0.1) is 18.3 Å². The Morgan fingerprint density at radius 3 is 3.00 bits per heavy atom. The zero-order valence-electron chi connectivity index (χ0n) is 10.5. The van der Waals surface area contributed by atoms with Crippen LogP contribution in [-0.4, -0.2) is 32.9 Å².